The molecule has 0 saturated carbocycles. The van der Waals surface area contributed by atoms with Crippen LogP contribution in [0.3, 0.4) is 0 Å². The van der Waals surface area contributed by atoms with E-state index in [4.69, 9.17) is 14.8 Å². The SMILES string of the molecule is Cc1cc(N2CCN(CCOCCO)CC2)nc(C(C)C)n1. The van der Waals surface area contributed by atoms with Crippen LogP contribution in [0.15, 0.2) is 6.07 Å². The summed E-state index contributed by atoms with van der Waals surface area (Å²) in [6.07, 6.45) is 0. The third kappa shape index (κ3) is 4.90. The summed E-state index contributed by atoms with van der Waals surface area (Å²) in [6.45, 7) is 12.4. The monoisotopic (exact) mass is 308 g/mol. The van der Waals surface area contributed by atoms with Crippen molar-refractivity contribution in [2.24, 2.45) is 0 Å². The van der Waals surface area contributed by atoms with Gasteiger partial charge in [-0.2, -0.15) is 0 Å². The molecule has 1 N–H and O–H groups in total. The first-order chi connectivity index (χ1) is 10.6. The van der Waals surface area contributed by atoms with Gasteiger partial charge in [-0.15, -0.1) is 0 Å². The molecule has 22 heavy (non-hydrogen) atoms. The third-order valence-electron chi connectivity index (χ3n) is 3.86. The van der Waals surface area contributed by atoms with Crippen molar-refractivity contribution in [3.05, 3.63) is 17.6 Å². The smallest absolute Gasteiger partial charge is 0.133 e. The predicted octanol–water partition coefficient (Wildman–Crippen LogP) is 1.04. The van der Waals surface area contributed by atoms with Crippen LogP contribution in [0.2, 0.25) is 0 Å². The van der Waals surface area contributed by atoms with E-state index in [1.165, 1.54) is 0 Å². The number of ether oxygens (including phenoxy) is 1. The lowest BCUT2D eigenvalue weighted by molar-refractivity contribution is 0.0724. The molecule has 0 atom stereocenters. The van der Waals surface area contributed by atoms with Crippen molar-refractivity contribution < 1.29 is 9.84 Å². The van der Waals surface area contributed by atoms with Crippen LogP contribution in [0.4, 0.5) is 5.82 Å². The Balaban J connectivity index is 1.86. The Morgan fingerprint density at radius 3 is 2.55 bits per heavy atom. The Bertz CT molecular complexity index is 459. The molecule has 0 bridgehead atoms. The minimum atomic E-state index is 0.0963. The van der Waals surface area contributed by atoms with E-state index in [9.17, 15) is 0 Å². The van der Waals surface area contributed by atoms with Gasteiger partial charge < -0.3 is 14.7 Å². The predicted molar refractivity (Wildman–Crippen MR) is 87.4 cm³/mol. The van der Waals surface area contributed by atoms with Crippen molar-refractivity contribution in [2.75, 3.05) is 57.4 Å². The normalized spacial score (nSPS) is 16.5. The van der Waals surface area contributed by atoms with E-state index >= 15 is 0 Å². The first-order valence-corrected chi connectivity index (χ1v) is 8.11. The summed E-state index contributed by atoms with van der Waals surface area (Å²) in [7, 11) is 0. The highest BCUT2D eigenvalue weighted by molar-refractivity contribution is 5.40. The summed E-state index contributed by atoms with van der Waals surface area (Å²) in [4.78, 5) is 14.0. The average molecular weight is 308 g/mol. The molecular weight excluding hydrogens is 280 g/mol. The molecule has 124 valence electrons. The molecule has 0 unspecified atom stereocenters. The van der Waals surface area contributed by atoms with Crippen molar-refractivity contribution in [3.63, 3.8) is 0 Å². The van der Waals surface area contributed by atoms with E-state index in [-0.39, 0.29) is 6.61 Å². The highest BCUT2D eigenvalue weighted by Gasteiger charge is 2.19. The molecule has 0 radical (unpaired) electrons. The van der Waals surface area contributed by atoms with E-state index in [0.717, 1.165) is 50.1 Å². The van der Waals surface area contributed by atoms with Gasteiger partial charge in [0.2, 0.25) is 0 Å². The number of anilines is 1. The summed E-state index contributed by atoms with van der Waals surface area (Å²) in [6, 6.07) is 2.08. The van der Waals surface area contributed by atoms with Crippen molar-refractivity contribution >= 4 is 5.82 Å². The number of aromatic nitrogens is 2. The Kier molecular flexibility index (Phi) is 6.54. The molecule has 0 spiro atoms. The molecule has 1 aromatic rings. The zero-order valence-electron chi connectivity index (χ0n) is 14.0. The Labute approximate surface area is 133 Å². The molecule has 0 amide bonds. The summed E-state index contributed by atoms with van der Waals surface area (Å²) < 4.78 is 5.33. The fourth-order valence-electron chi connectivity index (χ4n) is 2.56. The van der Waals surface area contributed by atoms with Gasteiger partial charge in [0.05, 0.1) is 19.8 Å². The van der Waals surface area contributed by atoms with Crippen LogP contribution in [-0.2, 0) is 4.74 Å². The van der Waals surface area contributed by atoms with Crippen LogP contribution in [0.25, 0.3) is 0 Å². The molecule has 1 aliphatic heterocycles. The zero-order chi connectivity index (χ0) is 15.9. The number of piperazine rings is 1. The largest absolute Gasteiger partial charge is 0.394 e. The number of hydrogen-bond donors (Lipinski definition) is 1. The number of rotatable bonds is 7. The molecule has 0 aliphatic carbocycles. The fraction of sp³-hybridized carbons (Fsp3) is 0.750. The molecule has 6 nitrogen and oxygen atoms in total. The number of nitrogens with zero attached hydrogens (tertiary/aromatic N) is 4. The summed E-state index contributed by atoms with van der Waals surface area (Å²) in [5.74, 6) is 2.32. The Morgan fingerprint density at radius 1 is 1.18 bits per heavy atom. The maximum Gasteiger partial charge on any atom is 0.133 e. The van der Waals surface area contributed by atoms with Gasteiger partial charge in [-0.05, 0) is 6.92 Å². The van der Waals surface area contributed by atoms with E-state index in [0.29, 0.717) is 19.1 Å². The quantitative estimate of drug-likeness (QED) is 0.760. The second-order valence-electron chi connectivity index (χ2n) is 6.05. The zero-order valence-corrected chi connectivity index (χ0v) is 14.0. The number of hydrogen-bond acceptors (Lipinski definition) is 6. The summed E-state index contributed by atoms with van der Waals surface area (Å²) in [5, 5.41) is 8.69. The molecule has 1 saturated heterocycles. The van der Waals surface area contributed by atoms with Gasteiger partial charge in [-0.1, -0.05) is 13.8 Å². The maximum atomic E-state index is 8.69. The van der Waals surface area contributed by atoms with Gasteiger partial charge in [-0.3, -0.25) is 4.90 Å². The van der Waals surface area contributed by atoms with E-state index in [2.05, 4.69) is 34.7 Å². The van der Waals surface area contributed by atoms with Gasteiger partial charge in [-0.25, -0.2) is 9.97 Å². The van der Waals surface area contributed by atoms with Gasteiger partial charge in [0.15, 0.2) is 0 Å². The van der Waals surface area contributed by atoms with Gasteiger partial charge >= 0.3 is 0 Å². The second-order valence-corrected chi connectivity index (χ2v) is 6.05. The standard InChI is InChI=1S/C16H28N4O2/c1-13(2)16-17-14(3)12-15(18-16)20-6-4-19(5-7-20)8-10-22-11-9-21/h12-13,21H,4-11H2,1-3H3. The van der Waals surface area contributed by atoms with Crippen LogP contribution in [-0.4, -0.2) is 72.5 Å². The lowest BCUT2D eigenvalue weighted by Gasteiger charge is -2.35. The van der Waals surface area contributed by atoms with Crippen molar-refractivity contribution in [3.8, 4) is 0 Å². The molecule has 1 aliphatic rings. The summed E-state index contributed by atoms with van der Waals surface area (Å²) >= 11 is 0. The van der Waals surface area contributed by atoms with Crippen molar-refractivity contribution in [2.45, 2.75) is 26.7 Å². The van der Waals surface area contributed by atoms with E-state index in [1.54, 1.807) is 0 Å². The number of aliphatic hydroxyl groups is 1. The highest BCUT2D eigenvalue weighted by Crippen LogP contribution is 2.18. The number of aryl methyl sites for hydroxylation is 1. The molecule has 0 aromatic carbocycles. The lowest BCUT2D eigenvalue weighted by atomic mass is 10.2. The summed E-state index contributed by atoms with van der Waals surface area (Å²) in [5.41, 5.74) is 1.04. The van der Waals surface area contributed by atoms with Crippen LogP contribution >= 0.6 is 0 Å². The van der Waals surface area contributed by atoms with Crippen LogP contribution < -0.4 is 4.90 Å². The van der Waals surface area contributed by atoms with Crippen LogP contribution in [0, 0.1) is 6.92 Å². The molecule has 6 heteroatoms. The Morgan fingerprint density at radius 2 is 1.91 bits per heavy atom. The van der Waals surface area contributed by atoms with E-state index in [1.807, 2.05) is 6.92 Å². The first-order valence-electron chi connectivity index (χ1n) is 8.11. The molecule has 2 heterocycles. The molecular formula is C16H28N4O2. The van der Waals surface area contributed by atoms with Crippen LogP contribution in [0.5, 0.6) is 0 Å². The second kappa shape index (κ2) is 8.41. The van der Waals surface area contributed by atoms with Gasteiger partial charge in [0.25, 0.3) is 0 Å². The number of aliphatic hydroxyl groups excluding tert-OH is 1. The minimum Gasteiger partial charge on any atom is -0.394 e. The van der Waals surface area contributed by atoms with Crippen molar-refractivity contribution in [1.29, 1.82) is 0 Å². The molecule has 1 aromatic heterocycles. The van der Waals surface area contributed by atoms with Gasteiger partial charge in [0.1, 0.15) is 11.6 Å². The lowest BCUT2D eigenvalue weighted by Crippen LogP contribution is -2.47. The van der Waals surface area contributed by atoms with Gasteiger partial charge in [0, 0.05) is 50.4 Å². The molecule has 1 fully saturated rings. The van der Waals surface area contributed by atoms with Crippen LogP contribution in [0.1, 0.15) is 31.3 Å². The minimum absolute atomic E-state index is 0.0963. The fourth-order valence-corrected chi connectivity index (χ4v) is 2.56. The van der Waals surface area contributed by atoms with E-state index < -0.39 is 0 Å². The average Bonchev–Trinajstić information content (AvgIpc) is 2.51. The Hall–Kier alpha value is -1.24. The maximum absolute atomic E-state index is 8.69. The highest BCUT2D eigenvalue weighted by atomic mass is 16.5. The topological polar surface area (TPSA) is 61.7 Å². The first kappa shape index (κ1) is 17.1. The third-order valence-corrected chi connectivity index (χ3v) is 3.86. The van der Waals surface area contributed by atoms with Crippen molar-refractivity contribution in [1.82, 2.24) is 14.9 Å². The molecule has 2 rings (SSSR count).